The summed E-state index contributed by atoms with van der Waals surface area (Å²) in [6.07, 6.45) is 4.26. The van der Waals surface area contributed by atoms with E-state index in [1.165, 1.54) is 11.1 Å². The van der Waals surface area contributed by atoms with E-state index in [1.54, 1.807) is 17.0 Å². The third-order valence-electron chi connectivity index (χ3n) is 3.84. The van der Waals surface area contributed by atoms with Gasteiger partial charge in [-0.15, -0.1) is 0 Å². The van der Waals surface area contributed by atoms with E-state index >= 15 is 0 Å². The lowest BCUT2D eigenvalue weighted by molar-refractivity contribution is 0.676. The zero-order valence-electron chi connectivity index (χ0n) is 11.5. The Labute approximate surface area is 117 Å². The number of anilines is 2. The van der Waals surface area contributed by atoms with Gasteiger partial charge in [0, 0.05) is 37.7 Å². The number of benzene rings is 1. The first-order chi connectivity index (χ1) is 9.70. The maximum absolute atomic E-state index is 12.3. The lowest BCUT2D eigenvalue weighted by atomic mass is 9.98. The maximum Gasteiger partial charge on any atom is 0.293 e. The summed E-state index contributed by atoms with van der Waals surface area (Å²) in [6, 6.07) is 5.96. The molecule has 0 radical (unpaired) electrons. The van der Waals surface area contributed by atoms with Gasteiger partial charge in [0.15, 0.2) is 5.82 Å². The van der Waals surface area contributed by atoms with Crippen LogP contribution in [-0.4, -0.2) is 16.1 Å². The smallest absolute Gasteiger partial charge is 0.293 e. The van der Waals surface area contributed by atoms with Crippen molar-refractivity contribution in [3.8, 4) is 0 Å². The molecule has 5 nitrogen and oxygen atoms in total. The molecule has 0 aliphatic carbocycles. The summed E-state index contributed by atoms with van der Waals surface area (Å²) in [5.74, 6) is 0.530. The van der Waals surface area contributed by atoms with Crippen molar-refractivity contribution in [2.75, 3.05) is 17.2 Å². The highest BCUT2D eigenvalue weighted by atomic mass is 16.1. The van der Waals surface area contributed by atoms with Gasteiger partial charge in [0.25, 0.3) is 5.56 Å². The monoisotopic (exact) mass is 270 g/mol. The van der Waals surface area contributed by atoms with E-state index in [0.717, 1.165) is 18.7 Å². The van der Waals surface area contributed by atoms with Gasteiger partial charge in [-0.1, -0.05) is 12.1 Å². The molecule has 104 valence electrons. The highest BCUT2D eigenvalue weighted by Gasteiger charge is 2.21. The van der Waals surface area contributed by atoms with E-state index in [-0.39, 0.29) is 5.56 Å². The molecule has 1 aromatic heterocycles. The average Bonchev–Trinajstić information content (AvgIpc) is 2.47. The van der Waals surface area contributed by atoms with Crippen LogP contribution in [0.25, 0.3) is 0 Å². The molecule has 0 saturated carbocycles. The molecule has 0 amide bonds. The van der Waals surface area contributed by atoms with Crippen LogP contribution in [0.2, 0.25) is 0 Å². The lowest BCUT2D eigenvalue weighted by Gasteiger charge is -2.30. The van der Waals surface area contributed by atoms with E-state index < -0.39 is 0 Å². The second-order valence-electron chi connectivity index (χ2n) is 5.00. The summed E-state index contributed by atoms with van der Waals surface area (Å²) in [7, 11) is 0. The van der Waals surface area contributed by atoms with E-state index in [9.17, 15) is 4.79 Å². The van der Waals surface area contributed by atoms with Crippen LogP contribution in [0.3, 0.4) is 0 Å². The molecule has 2 N–H and O–H groups in total. The van der Waals surface area contributed by atoms with Gasteiger partial charge < -0.3 is 15.2 Å². The van der Waals surface area contributed by atoms with Crippen molar-refractivity contribution in [3.05, 3.63) is 52.1 Å². The van der Waals surface area contributed by atoms with Gasteiger partial charge >= 0.3 is 0 Å². The molecule has 1 aliphatic heterocycles. The Kier molecular flexibility index (Phi) is 3.18. The minimum atomic E-state index is -0.0256. The third kappa shape index (κ3) is 2.05. The number of nitrogens with two attached hydrogens (primary N) is 1. The Morgan fingerprint density at radius 1 is 1.40 bits per heavy atom. The Hall–Kier alpha value is -2.30. The molecule has 1 aromatic carbocycles. The summed E-state index contributed by atoms with van der Waals surface area (Å²) >= 11 is 0. The molecule has 20 heavy (non-hydrogen) atoms. The van der Waals surface area contributed by atoms with Gasteiger partial charge in [-0.25, -0.2) is 4.98 Å². The van der Waals surface area contributed by atoms with Crippen LogP contribution in [0.1, 0.15) is 18.1 Å². The summed E-state index contributed by atoms with van der Waals surface area (Å²) in [5.41, 5.74) is 9.21. The molecule has 2 heterocycles. The minimum absolute atomic E-state index is 0.0256. The van der Waals surface area contributed by atoms with Crippen molar-refractivity contribution in [1.29, 1.82) is 0 Å². The van der Waals surface area contributed by atoms with Crippen molar-refractivity contribution in [2.45, 2.75) is 26.4 Å². The van der Waals surface area contributed by atoms with Crippen molar-refractivity contribution in [1.82, 2.24) is 9.55 Å². The number of hydrogen-bond donors (Lipinski definition) is 1. The summed E-state index contributed by atoms with van der Waals surface area (Å²) in [6.45, 7) is 4.08. The number of rotatable bonds is 2. The number of hydrogen-bond acceptors (Lipinski definition) is 4. The highest BCUT2D eigenvalue weighted by Crippen LogP contribution is 2.25. The molecule has 1 aliphatic rings. The fourth-order valence-electron chi connectivity index (χ4n) is 2.72. The Morgan fingerprint density at radius 3 is 3.05 bits per heavy atom. The topological polar surface area (TPSA) is 64.2 Å². The second kappa shape index (κ2) is 5.00. The highest BCUT2D eigenvalue weighted by molar-refractivity contribution is 5.54. The number of nitrogen functional groups attached to an aromatic ring is 1. The first-order valence-electron chi connectivity index (χ1n) is 6.87. The summed E-state index contributed by atoms with van der Waals surface area (Å²) in [5, 5.41) is 0. The number of nitrogens with zero attached hydrogens (tertiary/aromatic N) is 3. The first-order valence-corrected chi connectivity index (χ1v) is 6.87. The van der Waals surface area contributed by atoms with Crippen LogP contribution in [0.15, 0.2) is 35.4 Å². The van der Waals surface area contributed by atoms with Gasteiger partial charge in [-0.3, -0.25) is 4.79 Å². The van der Waals surface area contributed by atoms with E-state index in [1.807, 2.05) is 24.0 Å². The lowest BCUT2D eigenvalue weighted by Crippen LogP contribution is -2.37. The molecular formula is C15H18N4O. The molecule has 5 heteroatoms. The largest absolute Gasteiger partial charge is 0.398 e. The normalized spacial score (nSPS) is 14.2. The predicted octanol–water partition coefficient (Wildman–Crippen LogP) is 1.41. The van der Waals surface area contributed by atoms with Gasteiger partial charge in [0.05, 0.1) is 0 Å². The van der Waals surface area contributed by atoms with Crippen molar-refractivity contribution in [3.63, 3.8) is 0 Å². The fraction of sp³-hybridized carbons (Fsp3) is 0.333. The zero-order chi connectivity index (χ0) is 14.1. The van der Waals surface area contributed by atoms with Gasteiger partial charge in [0.1, 0.15) is 0 Å². The molecule has 0 spiro atoms. The van der Waals surface area contributed by atoms with Crippen LogP contribution >= 0.6 is 0 Å². The molecule has 0 atom stereocenters. The van der Waals surface area contributed by atoms with Crippen molar-refractivity contribution >= 4 is 11.5 Å². The maximum atomic E-state index is 12.3. The zero-order valence-corrected chi connectivity index (χ0v) is 11.5. The van der Waals surface area contributed by atoms with Crippen LogP contribution < -0.4 is 16.2 Å². The minimum Gasteiger partial charge on any atom is -0.398 e. The van der Waals surface area contributed by atoms with Gasteiger partial charge in [0.2, 0.25) is 0 Å². The molecule has 2 aromatic rings. The number of aryl methyl sites for hydroxylation is 1. The molecular weight excluding hydrogens is 252 g/mol. The number of aromatic nitrogens is 2. The van der Waals surface area contributed by atoms with Crippen molar-refractivity contribution in [2.24, 2.45) is 0 Å². The predicted molar refractivity (Wildman–Crippen MR) is 79.8 cm³/mol. The summed E-state index contributed by atoms with van der Waals surface area (Å²) < 4.78 is 1.68. The molecule has 3 rings (SSSR count). The summed E-state index contributed by atoms with van der Waals surface area (Å²) in [4.78, 5) is 18.6. The second-order valence-corrected chi connectivity index (χ2v) is 5.00. The Morgan fingerprint density at radius 2 is 2.25 bits per heavy atom. The molecule has 0 bridgehead atoms. The number of fused-ring (bicyclic) bond motifs is 1. The van der Waals surface area contributed by atoms with Crippen LogP contribution in [-0.2, 0) is 19.5 Å². The van der Waals surface area contributed by atoms with Gasteiger partial charge in [-0.2, -0.15) is 0 Å². The first kappa shape index (κ1) is 12.7. The van der Waals surface area contributed by atoms with E-state index in [2.05, 4.69) is 11.1 Å². The Bertz CT molecular complexity index is 693. The Balaban J connectivity index is 1.97. The van der Waals surface area contributed by atoms with E-state index in [0.29, 0.717) is 18.9 Å². The van der Waals surface area contributed by atoms with Crippen LogP contribution in [0.4, 0.5) is 11.5 Å². The molecule has 0 saturated heterocycles. The van der Waals surface area contributed by atoms with Crippen LogP contribution in [0.5, 0.6) is 0 Å². The van der Waals surface area contributed by atoms with Gasteiger partial charge in [-0.05, 0) is 30.5 Å². The van der Waals surface area contributed by atoms with Crippen molar-refractivity contribution < 1.29 is 0 Å². The van der Waals surface area contributed by atoms with Crippen LogP contribution in [0, 0.1) is 0 Å². The SMILES string of the molecule is CCn1ccnc(N2CCc3c(N)cccc3C2)c1=O. The fourth-order valence-corrected chi connectivity index (χ4v) is 2.72. The third-order valence-corrected chi connectivity index (χ3v) is 3.84. The van der Waals surface area contributed by atoms with E-state index in [4.69, 9.17) is 5.73 Å². The average molecular weight is 270 g/mol. The molecule has 0 fully saturated rings. The standard InChI is InChI=1S/C15H18N4O/c1-2-18-9-7-17-14(15(18)20)19-8-6-12-11(10-19)4-3-5-13(12)16/h3-5,7,9H,2,6,8,10,16H2,1H3. The molecule has 0 unspecified atom stereocenters. The quantitative estimate of drug-likeness (QED) is 0.838.